The van der Waals surface area contributed by atoms with Crippen molar-refractivity contribution < 1.29 is 40.3 Å². The molecule has 174 valence electrons. The molecule has 2 aromatic carbocycles. The minimum Gasteiger partial charge on any atom is -0.406 e. The average molecular weight is 518 g/mol. The largest absolute Gasteiger partial charge is 0.573 e. The predicted octanol–water partition coefficient (Wildman–Crippen LogP) is 3.70. The molecule has 0 spiro atoms. The standard InChI is InChI=1S/C19H14F3N2O6PS2/c1-29-31(25,26)16-8-6-14(7-9-16)24-33(27,28)18-12-32-17(23-18)10-5-13-3-2-4-15(11-13)30-19(20,21)22/h2-4,6-9,11-12,24H,1H3,(H,25,26). The van der Waals surface area contributed by atoms with E-state index in [9.17, 15) is 31.0 Å². The summed E-state index contributed by atoms with van der Waals surface area (Å²) < 4.78 is 84.4. The summed E-state index contributed by atoms with van der Waals surface area (Å²) in [4.78, 5) is 13.5. The molecule has 1 unspecified atom stereocenters. The summed E-state index contributed by atoms with van der Waals surface area (Å²) in [5.41, 5.74) is 0.337. The fraction of sp³-hybridized carbons (Fsp3) is 0.105. The zero-order valence-corrected chi connectivity index (χ0v) is 19.1. The number of rotatable bonds is 6. The first-order chi connectivity index (χ1) is 15.4. The van der Waals surface area contributed by atoms with Crippen LogP contribution in [0.5, 0.6) is 5.75 Å². The molecule has 0 aliphatic carbocycles. The van der Waals surface area contributed by atoms with Crippen LogP contribution < -0.4 is 14.8 Å². The fourth-order valence-electron chi connectivity index (χ4n) is 2.37. The number of aromatic nitrogens is 1. The highest BCUT2D eigenvalue weighted by Crippen LogP contribution is 2.39. The van der Waals surface area contributed by atoms with Gasteiger partial charge in [0.15, 0.2) is 10.0 Å². The number of ether oxygens (including phenoxy) is 1. The number of nitrogens with one attached hydrogen (secondary N) is 1. The van der Waals surface area contributed by atoms with E-state index < -0.39 is 29.7 Å². The zero-order valence-electron chi connectivity index (χ0n) is 16.5. The molecule has 2 N–H and O–H groups in total. The molecule has 0 aliphatic heterocycles. The Bertz CT molecular complexity index is 1360. The molecule has 8 nitrogen and oxygen atoms in total. The SMILES string of the molecule is COP(=O)(O)c1ccc(NS(=O)(=O)c2csc(C#Cc3cccc(OC(F)(F)F)c3)n2)cc1. The third kappa shape index (κ3) is 6.80. The van der Waals surface area contributed by atoms with E-state index in [0.717, 1.165) is 30.6 Å². The van der Waals surface area contributed by atoms with E-state index in [2.05, 4.69) is 30.8 Å². The smallest absolute Gasteiger partial charge is 0.406 e. The van der Waals surface area contributed by atoms with Crippen molar-refractivity contribution in [1.82, 2.24) is 4.98 Å². The molecule has 0 aliphatic rings. The molecule has 1 aromatic heterocycles. The number of hydrogen-bond donors (Lipinski definition) is 2. The van der Waals surface area contributed by atoms with Gasteiger partial charge >= 0.3 is 14.0 Å². The highest BCUT2D eigenvalue weighted by molar-refractivity contribution is 7.92. The maximum atomic E-state index is 12.5. The summed E-state index contributed by atoms with van der Waals surface area (Å²) in [5.74, 6) is 4.76. The summed E-state index contributed by atoms with van der Waals surface area (Å²) in [6.45, 7) is 0. The van der Waals surface area contributed by atoms with Gasteiger partial charge in [0.25, 0.3) is 10.0 Å². The number of alkyl halides is 3. The Balaban J connectivity index is 1.74. The Hall–Kier alpha value is -2.88. The van der Waals surface area contributed by atoms with Crippen LogP contribution in [0.25, 0.3) is 0 Å². The molecule has 0 radical (unpaired) electrons. The molecule has 0 saturated heterocycles. The summed E-state index contributed by atoms with van der Waals surface area (Å²) in [6.07, 6.45) is -4.83. The van der Waals surface area contributed by atoms with Gasteiger partial charge in [0, 0.05) is 23.7 Å². The molecule has 0 fully saturated rings. The van der Waals surface area contributed by atoms with E-state index in [1.165, 1.54) is 41.8 Å². The minimum atomic E-state index is -4.83. The molecule has 0 amide bonds. The van der Waals surface area contributed by atoms with Crippen molar-refractivity contribution in [3.8, 4) is 17.6 Å². The van der Waals surface area contributed by atoms with E-state index in [1.807, 2.05) is 0 Å². The van der Waals surface area contributed by atoms with Gasteiger partial charge in [-0.25, -0.2) is 4.98 Å². The topological polar surface area (TPSA) is 115 Å². The van der Waals surface area contributed by atoms with Crippen molar-refractivity contribution in [3.05, 3.63) is 64.5 Å². The molecule has 1 heterocycles. The summed E-state index contributed by atoms with van der Waals surface area (Å²) >= 11 is 0.928. The van der Waals surface area contributed by atoms with Gasteiger partial charge in [0.2, 0.25) is 0 Å². The van der Waals surface area contributed by atoms with Crippen LogP contribution in [0.15, 0.2) is 58.9 Å². The Labute approximate surface area is 190 Å². The quantitative estimate of drug-likeness (QED) is 0.378. The van der Waals surface area contributed by atoms with Crippen LogP contribution in [0, 0.1) is 11.8 Å². The second-order valence-electron chi connectivity index (χ2n) is 6.17. The van der Waals surface area contributed by atoms with Gasteiger partial charge in [-0.3, -0.25) is 9.29 Å². The zero-order chi connectivity index (χ0) is 24.3. The Kier molecular flexibility index (Phi) is 7.16. The van der Waals surface area contributed by atoms with Crippen molar-refractivity contribution in [1.29, 1.82) is 0 Å². The lowest BCUT2D eigenvalue weighted by Gasteiger charge is -2.10. The maximum absolute atomic E-state index is 12.5. The monoisotopic (exact) mass is 518 g/mol. The number of halogens is 3. The second kappa shape index (κ2) is 9.54. The second-order valence-corrected chi connectivity index (χ2v) is 10.6. The molecular weight excluding hydrogens is 504 g/mol. The van der Waals surface area contributed by atoms with Crippen LogP contribution in [0.3, 0.4) is 0 Å². The molecule has 1 atom stereocenters. The lowest BCUT2D eigenvalue weighted by molar-refractivity contribution is -0.274. The van der Waals surface area contributed by atoms with E-state index in [4.69, 9.17) is 0 Å². The van der Waals surface area contributed by atoms with E-state index in [0.29, 0.717) is 0 Å². The van der Waals surface area contributed by atoms with E-state index in [-0.39, 0.29) is 26.6 Å². The van der Waals surface area contributed by atoms with Crippen molar-refractivity contribution in [2.45, 2.75) is 11.4 Å². The Morgan fingerprint density at radius 3 is 2.48 bits per heavy atom. The number of hydrogen-bond acceptors (Lipinski definition) is 7. The van der Waals surface area contributed by atoms with Crippen LogP contribution in [0.2, 0.25) is 0 Å². The molecule has 3 rings (SSSR count). The number of anilines is 1. The van der Waals surface area contributed by atoms with Crippen LogP contribution in [-0.4, -0.2) is 31.8 Å². The lowest BCUT2D eigenvalue weighted by atomic mass is 10.2. The van der Waals surface area contributed by atoms with E-state index in [1.54, 1.807) is 0 Å². The maximum Gasteiger partial charge on any atom is 0.573 e. The van der Waals surface area contributed by atoms with Crippen molar-refractivity contribution in [2.24, 2.45) is 0 Å². The van der Waals surface area contributed by atoms with E-state index >= 15 is 0 Å². The van der Waals surface area contributed by atoms with Gasteiger partial charge in [0.1, 0.15) is 5.75 Å². The van der Waals surface area contributed by atoms with Gasteiger partial charge in [-0.2, -0.15) is 8.42 Å². The first-order valence-corrected chi connectivity index (χ1v) is 12.7. The lowest BCUT2D eigenvalue weighted by Crippen LogP contribution is -2.17. The molecular formula is C19H14F3N2O6PS2. The molecule has 3 aromatic rings. The highest BCUT2D eigenvalue weighted by atomic mass is 32.2. The highest BCUT2D eigenvalue weighted by Gasteiger charge is 2.31. The minimum absolute atomic E-state index is 0.0103. The predicted molar refractivity (Wildman–Crippen MR) is 115 cm³/mol. The number of benzene rings is 2. The number of thiazole rings is 1. The number of sulfonamides is 1. The van der Waals surface area contributed by atoms with Crippen molar-refractivity contribution >= 4 is 39.9 Å². The normalized spacial score (nSPS) is 13.5. The van der Waals surface area contributed by atoms with Gasteiger partial charge < -0.3 is 14.2 Å². The van der Waals surface area contributed by atoms with Crippen LogP contribution >= 0.6 is 18.9 Å². The number of nitrogens with zero attached hydrogens (tertiary/aromatic N) is 1. The third-order valence-corrected chi connectivity index (χ3v) is 7.45. The van der Waals surface area contributed by atoms with Crippen LogP contribution in [0.4, 0.5) is 18.9 Å². The Morgan fingerprint density at radius 1 is 1.15 bits per heavy atom. The van der Waals surface area contributed by atoms with Crippen LogP contribution in [-0.2, 0) is 19.1 Å². The first kappa shape index (κ1) is 24.8. The summed E-state index contributed by atoms with van der Waals surface area (Å²) in [5, 5.41) is 1.04. The van der Waals surface area contributed by atoms with Gasteiger partial charge in [-0.05, 0) is 48.4 Å². The first-order valence-electron chi connectivity index (χ1n) is 8.73. The summed E-state index contributed by atoms with van der Waals surface area (Å²) in [7, 11) is -6.97. The Morgan fingerprint density at radius 2 is 1.85 bits per heavy atom. The average Bonchev–Trinajstić information content (AvgIpc) is 3.22. The molecule has 0 bridgehead atoms. The summed E-state index contributed by atoms with van der Waals surface area (Å²) in [6, 6.07) is 10.1. The van der Waals surface area contributed by atoms with Crippen LogP contribution in [0.1, 0.15) is 10.6 Å². The molecule has 33 heavy (non-hydrogen) atoms. The fourth-order valence-corrected chi connectivity index (χ4v) is 5.10. The van der Waals surface area contributed by atoms with Gasteiger partial charge in [0.05, 0.1) is 5.30 Å². The molecule has 14 heteroatoms. The van der Waals surface area contributed by atoms with Crippen molar-refractivity contribution in [3.63, 3.8) is 0 Å². The van der Waals surface area contributed by atoms with Crippen molar-refractivity contribution in [2.75, 3.05) is 11.8 Å². The third-order valence-electron chi connectivity index (χ3n) is 3.83. The van der Waals surface area contributed by atoms with Gasteiger partial charge in [-0.15, -0.1) is 24.5 Å². The molecule has 0 saturated carbocycles. The van der Waals surface area contributed by atoms with Gasteiger partial charge in [-0.1, -0.05) is 12.0 Å².